The molecule has 0 aliphatic carbocycles. The van der Waals surface area contributed by atoms with Crippen molar-refractivity contribution in [3.63, 3.8) is 0 Å². The highest BCUT2D eigenvalue weighted by atomic mass is 19.1. The Labute approximate surface area is 122 Å². The summed E-state index contributed by atoms with van der Waals surface area (Å²) in [5.74, 6) is 0.274. The van der Waals surface area contributed by atoms with Crippen LogP contribution in [0.25, 0.3) is 0 Å². The monoisotopic (exact) mass is 288 g/mol. The smallest absolute Gasteiger partial charge is 0.167 e. The van der Waals surface area contributed by atoms with Crippen LogP contribution >= 0.6 is 0 Å². The molecule has 21 heavy (non-hydrogen) atoms. The first-order valence-electron chi connectivity index (χ1n) is 6.42. The van der Waals surface area contributed by atoms with Gasteiger partial charge in [0.2, 0.25) is 0 Å². The van der Waals surface area contributed by atoms with Crippen LogP contribution in [-0.4, -0.2) is 12.9 Å². The van der Waals surface area contributed by atoms with Gasteiger partial charge in [0.05, 0.1) is 12.7 Å². The highest BCUT2D eigenvalue weighted by Gasteiger charge is 2.09. The lowest BCUT2D eigenvalue weighted by molar-refractivity contribution is 0.289. The predicted octanol–water partition coefficient (Wildman–Crippen LogP) is 3.01. The standard InChI is InChI=1S/C16H17FN2O2/c1-10-4-3-5-14(15(10)17)21-9-11-6-7-13(20-2)12(8-11)16(18)19/h3-8H,9H2,1-2H3,(H3,18,19). The normalized spacial score (nSPS) is 10.2. The number of benzene rings is 2. The molecule has 0 aromatic heterocycles. The molecule has 0 atom stereocenters. The Balaban J connectivity index is 2.19. The summed E-state index contributed by atoms with van der Waals surface area (Å²) in [5.41, 5.74) is 7.32. The van der Waals surface area contributed by atoms with Crippen molar-refractivity contribution >= 4 is 5.84 Å². The molecule has 0 aliphatic rings. The molecule has 110 valence electrons. The molecule has 0 unspecified atom stereocenters. The number of nitrogens with two attached hydrogens (primary N) is 1. The van der Waals surface area contributed by atoms with E-state index < -0.39 is 0 Å². The first kappa shape index (κ1) is 14.8. The van der Waals surface area contributed by atoms with Crippen LogP contribution < -0.4 is 15.2 Å². The number of amidine groups is 1. The summed E-state index contributed by atoms with van der Waals surface area (Å²) < 4.78 is 24.5. The highest BCUT2D eigenvalue weighted by molar-refractivity contribution is 5.97. The lowest BCUT2D eigenvalue weighted by atomic mass is 10.1. The molecule has 0 radical (unpaired) electrons. The summed E-state index contributed by atoms with van der Waals surface area (Å²) in [5, 5.41) is 7.53. The second-order valence-electron chi connectivity index (χ2n) is 4.62. The third kappa shape index (κ3) is 3.31. The number of hydrogen-bond acceptors (Lipinski definition) is 3. The first-order valence-corrected chi connectivity index (χ1v) is 6.42. The molecule has 0 amide bonds. The third-order valence-electron chi connectivity index (χ3n) is 3.10. The molecular weight excluding hydrogens is 271 g/mol. The summed E-state index contributed by atoms with van der Waals surface area (Å²) in [6, 6.07) is 10.2. The summed E-state index contributed by atoms with van der Waals surface area (Å²) in [4.78, 5) is 0. The Morgan fingerprint density at radius 1 is 1.24 bits per heavy atom. The zero-order valence-electron chi connectivity index (χ0n) is 11.9. The van der Waals surface area contributed by atoms with Crippen molar-refractivity contribution in [2.45, 2.75) is 13.5 Å². The van der Waals surface area contributed by atoms with Crippen molar-refractivity contribution < 1.29 is 13.9 Å². The van der Waals surface area contributed by atoms with Crippen molar-refractivity contribution in [1.82, 2.24) is 0 Å². The molecular formula is C16H17FN2O2. The summed E-state index contributed by atoms with van der Waals surface area (Å²) in [7, 11) is 1.51. The van der Waals surface area contributed by atoms with E-state index in [1.165, 1.54) is 7.11 Å². The first-order chi connectivity index (χ1) is 10.0. The summed E-state index contributed by atoms with van der Waals surface area (Å²) >= 11 is 0. The average Bonchev–Trinajstić information content (AvgIpc) is 2.48. The van der Waals surface area contributed by atoms with Gasteiger partial charge in [0.25, 0.3) is 0 Å². The van der Waals surface area contributed by atoms with Gasteiger partial charge in [-0.1, -0.05) is 18.2 Å². The van der Waals surface area contributed by atoms with Crippen LogP contribution in [0, 0.1) is 18.2 Å². The molecule has 0 aliphatic heterocycles. The highest BCUT2D eigenvalue weighted by Crippen LogP contribution is 2.23. The maximum atomic E-state index is 13.8. The second kappa shape index (κ2) is 6.26. The maximum absolute atomic E-state index is 13.8. The third-order valence-corrected chi connectivity index (χ3v) is 3.10. The number of methoxy groups -OCH3 is 1. The SMILES string of the molecule is COc1ccc(COc2cccc(C)c2F)cc1C(=N)N. The van der Waals surface area contributed by atoms with E-state index in [2.05, 4.69) is 0 Å². The molecule has 2 rings (SSSR count). The van der Waals surface area contributed by atoms with Gasteiger partial charge in [-0.2, -0.15) is 0 Å². The Morgan fingerprint density at radius 2 is 2.00 bits per heavy atom. The fraction of sp³-hybridized carbons (Fsp3) is 0.188. The van der Waals surface area contributed by atoms with Crippen molar-refractivity contribution in [3.05, 3.63) is 58.9 Å². The van der Waals surface area contributed by atoms with Gasteiger partial charge in [0.15, 0.2) is 11.6 Å². The quantitative estimate of drug-likeness (QED) is 0.656. The lowest BCUT2D eigenvalue weighted by Crippen LogP contribution is -2.13. The molecule has 5 heteroatoms. The van der Waals surface area contributed by atoms with E-state index in [4.69, 9.17) is 20.6 Å². The van der Waals surface area contributed by atoms with Crippen LogP contribution in [0.4, 0.5) is 4.39 Å². The van der Waals surface area contributed by atoms with Gasteiger partial charge < -0.3 is 15.2 Å². The van der Waals surface area contributed by atoms with Crippen molar-refractivity contribution in [3.8, 4) is 11.5 Å². The van der Waals surface area contributed by atoms with Gasteiger partial charge in [0.1, 0.15) is 18.2 Å². The topological polar surface area (TPSA) is 68.3 Å². The van der Waals surface area contributed by atoms with Crippen LogP contribution in [-0.2, 0) is 6.61 Å². The van der Waals surface area contributed by atoms with Gasteiger partial charge in [-0.05, 0) is 36.2 Å². The van der Waals surface area contributed by atoms with Crippen molar-refractivity contribution in [1.29, 1.82) is 5.41 Å². The van der Waals surface area contributed by atoms with E-state index in [-0.39, 0.29) is 24.0 Å². The molecule has 0 heterocycles. The molecule has 0 saturated heterocycles. The van der Waals surface area contributed by atoms with E-state index in [1.54, 1.807) is 43.3 Å². The van der Waals surface area contributed by atoms with Gasteiger partial charge in [-0.25, -0.2) is 4.39 Å². The van der Waals surface area contributed by atoms with Gasteiger partial charge in [0, 0.05) is 0 Å². The Hall–Kier alpha value is -2.56. The van der Waals surface area contributed by atoms with Crippen LogP contribution in [0.1, 0.15) is 16.7 Å². The number of nitrogens with one attached hydrogen (secondary N) is 1. The molecule has 4 nitrogen and oxygen atoms in total. The number of halogens is 1. The summed E-state index contributed by atoms with van der Waals surface area (Å²) in [6.45, 7) is 1.87. The van der Waals surface area contributed by atoms with Crippen LogP contribution in [0.2, 0.25) is 0 Å². The van der Waals surface area contributed by atoms with Crippen molar-refractivity contribution in [2.75, 3.05) is 7.11 Å². The fourth-order valence-electron chi connectivity index (χ4n) is 1.95. The minimum absolute atomic E-state index is 0.0876. The molecule has 2 aromatic rings. The Kier molecular flexibility index (Phi) is 4.42. The molecule has 0 spiro atoms. The van der Waals surface area contributed by atoms with Crippen LogP contribution in [0.5, 0.6) is 11.5 Å². The number of ether oxygens (including phenoxy) is 2. The second-order valence-corrected chi connectivity index (χ2v) is 4.62. The minimum Gasteiger partial charge on any atom is -0.496 e. The fourth-order valence-corrected chi connectivity index (χ4v) is 1.95. The zero-order chi connectivity index (χ0) is 15.4. The molecule has 0 saturated carbocycles. The molecule has 0 fully saturated rings. The zero-order valence-corrected chi connectivity index (χ0v) is 11.9. The Bertz CT molecular complexity index is 671. The minimum atomic E-state index is -0.363. The van der Waals surface area contributed by atoms with Crippen LogP contribution in [0.3, 0.4) is 0 Å². The largest absolute Gasteiger partial charge is 0.496 e. The van der Waals surface area contributed by atoms with E-state index in [0.29, 0.717) is 16.9 Å². The van der Waals surface area contributed by atoms with Crippen LogP contribution in [0.15, 0.2) is 36.4 Å². The lowest BCUT2D eigenvalue weighted by Gasteiger charge is -2.11. The molecule has 2 aromatic carbocycles. The number of hydrogen-bond donors (Lipinski definition) is 2. The maximum Gasteiger partial charge on any atom is 0.167 e. The predicted molar refractivity (Wildman–Crippen MR) is 79.5 cm³/mol. The average molecular weight is 288 g/mol. The Morgan fingerprint density at radius 3 is 2.67 bits per heavy atom. The molecule has 3 N–H and O–H groups in total. The number of rotatable bonds is 5. The van der Waals surface area contributed by atoms with Crippen molar-refractivity contribution in [2.24, 2.45) is 5.73 Å². The van der Waals surface area contributed by atoms with E-state index >= 15 is 0 Å². The van der Waals surface area contributed by atoms with Gasteiger partial charge in [-0.15, -0.1) is 0 Å². The summed E-state index contributed by atoms with van der Waals surface area (Å²) in [6.07, 6.45) is 0. The van der Waals surface area contributed by atoms with E-state index in [0.717, 1.165) is 5.56 Å². The number of aryl methyl sites for hydroxylation is 1. The molecule has 0 bridgehead atoms. The van der Waals surface area contributed by atoms with E-state index in [1.807, 2.05) is 0 Å². The van der Waals surface area contributed by atoms with Gasteiger partial charge in [-0.3, -0.25) is 5.41 Å². The van der Waals surface area contributed by atoms with Gasteiger partial charge >= 0.3 is 0 Å². The van der Waals surface area contributed by atoms with E-state index in [9.17, 15) is 4.39 Å². The number of nitrogen functional groups attached to an aromatic ring is 1.